The van der Waals surface area contributed by atoms with Gasteiger partial charge in [0.2, 0.25) is 5.91 Å². The number of rotatable bonds is 4. The van der Waals surface area contributed by atoms with Crippen LogP contribution in [0.4, 0.5) is 0 Å². The van der Waals surface area contributed by atoms with Gasteiger partial charge in [0.1, 0.15) is 18.2 Å². The zero-order chi connectivity index (χ0) is 13.8. The molecule has 0 saturated carbocycles. The number of aromatic nitrogens is 2. The molecule has 1 aromatic heterocycles. The summed E-state index contributed by atoms with van der Waals surface area (Å²) in [6.45, 7) is 1.04. The van der Waals surface area contributed by atoms with Crippen LogP contribution in [0.15, 0.2) is 36.7 Å². The van der Waals surface area contributed by atoms with Gasteiger partial charge in [-0.3, -0.25) is 4.79 Å². The smallest absolute Gasteiger partial charge is 0.226 e. The van der Waals surface area contributed by atoms with E-state index < -0.39 is 0 Å². The van der Waals surface area contributed by atoms with E-state index in [1.54, 1.807) is 12.4 Å². The zero-order valence-electron chi connectivity index (χ0n) is 11.1. The fourth-order valence-electron chi connectivity index (χ4n) is 2.38. The van der Waals surface area contributed by atoms with Crippen LogP contribution in [0.5, 0.6) is 5.75 Å². The van der Waals surface area contributed by atoms with Crippen molar-refractivity contribution in [1.82, 2.24) is 15.3 Å². The molecule has 1 unspecified atom stereocenters. The molecule has 1 amide bonds. The van der Waals surface area contributed by atoms with E-state index in [1.807, 2.05) is 24.3 Å². The first-order valence-electron chi connectivity index (χ1n) is 6.79. The lowest BCUT2D eigenvalue weighted by Crippen LogP contribution is -2.38. The molecule has 1 atom stereocenters. The number of H-pyrrole nitrogens is 1. The number of carbonyl (C=O) groups excluding carboxylic acids is 1. The van der Waals surface area contributed by atoms with Gasteiger partial charge in [0.15, 0.2) is 0 Å². The predicted molar refractivity (Wildman–Crippen MR) is 74.4 cm³/mol. The van der Waals surface area contributed by atoms with Gasteiger partial charge in [0, 0.05) is 25.4 Å². The van der Waals surface area contributed by atoms with Gasteiger partial charge in [-0.1, -0.05) is 18.2 Å². The number of ether oxygens (including phenoxy) is 1. The van der Waals surface area contributed by atoms with Crippen molar-refractivity contribution < 1.29 is 9.53 Å². The predicted octanol–water partition coefficient (Wildman–Crippen LogP) is 1.32. The van der Waals surface area contributed by atoms with Crippen molar-refractivity contribution in [3.63, 3.8) is 0 Å². The van der Waals surface area contributed by atoms with Gasteiger partial charge in [-0.2, -0.15) is 0 Å². The quantitative estimate of drug-likeness (QED) is 0.881. The molecule has 0 aliphatic carbocycles. The molecule has 0 spiro atoms. The van der Waals surface area contributed by atoms with Gasteiger partial charge in [0.05, 0.1) is 5.92 Å². The number of hydrogen-bond acceptors (Lipinski definition) is 3. The summed E-state index contributed by atoms with van der Waals surface area (Å²) in [5.74, 6) is 1.72. The Hall–Kier alpha value is -2.30. The van der Waals surface area contributed by atoms with Crippen LogP contribution in [-0.4, -0.2) is 29.0 Å². The lowest BCUT2D eigenvalue weighted by molar-refractivity contribution is -0.126. The topological polar surface area (TPSA) is 67.0 Å². The van der Waals surface area contributed by atoms with Crippen molar-refractivity contribution in [2.45, 2.75) is 12.8 Å². The highest BCUT2D eigenvalue weighted by molar-refractivity contribution is 5.79. The third-order valence-corrected chi connectivity index (χ3v) is 3.47. The average molecular weight is 271 g/mol. The third-order valence-electron chi connectivity index (χ3n) is 3.47. The molecule has 20 heavy (non-hydrogen) atoms. The van der Waals surface area contributed by atoms with Crippen LogP contribution >= 0.6 is 0 Å². The molecule has 3 rings (SSSR count). The lowest BCUT2D eigenvalue weighted by Gasteiger charge is -2.24. The number of nitrogens with zero attached hydrogens (tertiary/aromatic N) is 1. The summed E-state index contributed by atoms with van der Waals surface area (Å²) in [6.07, 6.45) is 4.94. The van der Waals surface area contributed by atoms with E-state index >= 15 is 0 Å². The minimum atomic E-state index is -0.110. The van der Waals surface area contributed by atoms with Crippen LogP contribution in [0, 0.1) is 5.92 Å². The van der Waals surface area contributed by atoms with Crippen molar-refractivity contribution in [3.8, 4) is 5.75 Å². The minimum Gasteiger partial charge on any atom is -0.492 e. The second-order valence-corrected chi connectivity index (χ2v) is 4.90. The molecule has 5 heteroatoms. The maximum absolute atomic E-state index is 12.1. The Labute approximate surface area is 117 Å². The summed E-state index contributed by atoms with van der Waals surface area (Å²) in [5, 5.41) is 2.94. The van der Waals surface area contributed by atoms with Crippen LogP contribution in [0.2, 0.25) is 0 Å². The molecule has 2 N–H and O–H groups in total. The fourth-order valence-corrected chi connectivity index (χ4v) is 2.38. The van der Waals surface area contributed by atoms with Crippen LogP contribution < -0.4 is 10.1 Å². The van der Waals surface area contributed by atoms with E-state index in [0.717, 1.165) is 23.6 Å². The standard InChI is InChI=1S/C15H17N3O2/c19-15(18-6-5-14-16-7-8-17-14)12-9-11-3-1-2-4-13(11)20-10-12/h1-4,7-8,12H,5-6,9-10H2,(H,16,17)(H,18,19). The maximum atomic E-state index is 12.1. The molecule has 0 bridgehead atoms. The van der Waals surface area contributed by atoms with E-state index in [-0.39, 0.29) is 11.8 Å². The van der Waals surface area contributed by atoms with E-state index in [2.05, 4.69) is 15.3 Å². The number of benzene rings is 1. The second-order valence-electron chi connectivity index (χ2n) is 4.90. The first kappa shape index (κ1) is 12.7. The monoisotopic (exact) mass is 271 g/mol. The third kappa shape index (κ3) is 2.82. The number of aromatic amines is 1. The molecular formula is C15H17N3O2. The van der Waals surface area contributed by atoms with Crippen molar-refractivity contribution >= 4 is 5.91 Å². The Morgan fingerprint density at radius 3 is 3.20 bits per heavy atom. The highest BCUT2D eigenvalue weighted by Crippen LogP contribution is 2.26. The van der Waals surface area contributed by atoms with E-state index in [1.165, 1.54) is 0 Å². The van der Waals surface area contributed by atoms with Crippen molar-refractivity contribution in [2.75, 3.05) is 13.2 Å². The van der Waals surface area contributed by atoms with E-state index in [4.69, 9.17) is 4.74 Å². The molecule has 0 radical (unpaired) electrons. The SMILES string of the molecule is O=C(NCCc1ncc[nH]1)C1COc2ccccc2C1. The molecule has 1 aliphatic rings. The van der Waals surface area contributed by atoms with E-state index in [0.29, 0.717) is 19.6 Å². The second kappa shape index (κ2) is 5.77. The summed E-state index contributed by atoms with van der Waals surface area (Å²) in [5.41, 5.74) is 1.10. The summed E-state index contributed by atoms with van der Waals surface area (Å²) in [7, 11) is 0. The fraction of sp³-hybridized carbons (Fsp3) is 0.333. The first-order valence-corrected chi connectivity index (χ1v) is 6.79. The van der Waals surface area contributed by atoms with Gasteiger partial charge < -0.3 is 15.0 Å². The molecule has 2 aromatic rings. The van der Waals surface area contributed by atoms with Crippen molar-refractivity contribution in [2.24, 2.45) is 5.92 Å². The van der Waals surface area contributed by atoms with Gasteiger partial charge in [0.25, 0.3) is 0 Å². The lowest BCUT2D eigenvalue weighted by atomic mass is 9.96. The molecule has 0 fully saturated rings. The highest BCUT2D eigenvalue weighted by Gasteiger charge is 2.25. The van der Waals surface area contributed by atoms with Crippen molar-refractivity contribution in [3.05, 3.63) is 48.0 Å². The number of hydrogen-bond donors (Lipinski definition) is 2. The Bertz CT molecular complexity index is 581. The number of carbonyl (C=O) groups is 1. The van der Waals surface area contributed by atoms with Gasteiger partial charge in [-0.25, -0.2) is 4.98 Å². The molecule has 1 aliphatic heterocycles. The Morgan fingerprint density at radius 2 is 2.35 bits per heavy atom. The number of para-hydroxylation sites is 1. The zero-order valence-corrected chi connectivity index (χ0v) is 11.1. The van der Waals surface area contributed by atoms with Gasteiger partial charge >= 0.3 is 0 Å². The summed E-state index contributed by atoms with van der Waals surface area (Å²) in [6, 6.07) is 7.87. The molecule has 0 saturated heterocycles. The first-order chi connectivity index (χ1) is 9.83. The van der Waals surface area contributed by atoms with Crippen LogP contribution in [0.3, 0.4) is 0 Å². The Kier molecular flexibility index (Phi) is 3.67. The van der Waals surface area contributed by atoms with Crippen LogP contribution in [0.1, 0.15) is 11.4 Å². The number of amides is 1. The van der Waals surface area contributed by atoms with E-state index in [9.17, 15) is 4.79 Å². The number of fused-ring (bicyclic) bond motifs is 1. The number of nitrogens with one attached hydrogen (secondary N) is 2. The number of imidazole rings is 1. The molecule has 5 nitrogen and oxygen atoms in total. The largest absolute Gasteiger partial charge is 0.492 e. The summed E-state index contributed by atoms with van der Waals surface area (Å²) < 4.78 is 5.63. The summed E-state index contributed by atoms with van der Waals surface area (Å²) >= 11 is 0. The molecule has 1 aromatic carbocycles. The molecular weight excluding hydrogens is 254 g/mol. The van der Waals surface area contributed by atoms with Gasteiger partial charge in [-0.15, -0.1) is 0 Å². The average Bonchev–Trinajstić information content (AvgIpc) is 3.00. The minimum absolute atomic E-state index is 0.0473. The summed E-state index contributed by atoms with van der Waals surface area (Å²) in [4.78, 5) is 19.3. The van der Waals surface area contributed by atoms with Crippen molar-refractivity contribution in [1.29, 1.82) is 0 Å². The molecule has 2 heterocycles. The maximum Gasteiger partial charge on any atom is 0.226 e. The Balaban J connectivity index is 1.51. The Morgan fingerprint density at radius 1 is 1.45 bits per heavy atom. The van der Waals surface area contributed by atoms with Gasteiger partial charge in [-0.05, 0) is 18.1 Å². The van der Waals surface area contributed by atoms with Crippen LogP contribution in [-0.2, 0) is 17.6 Å². The highest BCUT2D eigenvalue weighted by atomic mass is 16.5. The van der Waals surface area contributed by atoms with Crippen LogP contribution in [0.25, 0.3) is 0 Å². The normalized spacial score (nSPS) is 17.1. The molecule has 104 valence electrons.